The molecule has 1 aliphatic rings. The molecular formula is C15H28N2O3. The van der Waals surface area contributed by atoms with Gasteiger partial charge in [0.15, 0.2) is 0 Å². The van der Waals surface area contributed by atoms with Crippen molar-refractivity contribution in [1.82, 2.24) is 10.6 Å². The fourth-order valence-corrected chi connectivity index (χ4v) is 2.59. The minimum absolute atomic E-state index is 0.0823. The van der Waals surface area contributed by atoms with Crippen molar-refractivity contribution in [3.05, 3.63) is 0 Å². The molecule has 0 aromatic carbocycles. The second kappa shape index (κ2) is 7.62. The van der Waals surface area contributed by atoms with Crippen molar-refractivity contribution in [2.45, 2.75) is 52.5 Å². The van der Waals surface area contributed by atoms with Crippen LogP contribution >= 0.6 is 0 Å². The number of amides is 1. The Morgan fingerprint density at radius 2 is 2.15 bits per heavy atom. The zero-order valence-corrected chi connectivity index (χ0v) is 13.1. The van der Waals surface area contributed by atoms with E-state index in [1.165, 1.54) is 12.8 Å². The molecule has 1 aliphatic heterocycles. The standard InChI is InChI=1S/C15H28N2O3/c1-5-20-14(19)15(3,4)17-13(18)9-11(2)12-7-6-8-16-10-12/h11-12,16H,5-10H2,1-4H3,(H,17,18). The predicted molar refractivity (Wildman–Crippen MR) is 78.2 cm³/mol. The number of piperidine rings is 1. The minimum atomic E-state index is -0.961. The molecule has 0 bridgehead atoms. The van der Waals surface area contributed by atoms with Crippen LogP contribution in [-0.2, 0) is 14.3 Å². The van der Waals surface area contributed by atoms with Gasteiger partial charge < -0.3 is 15.4 Å². The highest BCUT2D eigenvalue weighted by Gasteiger charge is 2.32. The van der Waals surface area contributed by atoms with E-state index in [1.54, 1.807) is 20.8 Å². The Hall–Kier alpha value is -1.10. The van der Waals surface area contributed by atoms with Gasteiger partial charge in [-0.05, 0) is 58.5 Å². The zero-order valence-electron chi connectivity index (χ0n) is 13.1. The SMILES string of the molecule is CCOC(=O)C(C)(C)NC(=O)CC(C)C1CCCNC1. The molecule has 2 N–H and O–H groups in total. The van der Waals surface area contributed by atoms with E-state index in [-0.39, 0.29) is 11.9 Å². The molecule has 1 amide bonds. The van der Waals surface area contributed by atoms with Gasteiger partial charge in [0.1, 0.15) is 5.54 Å². The maximum absolute atomic E-state index is 12.1. The number of nitrogens with one attached hydrogen (secondary N) is 2. The number of esters is 1. The summed E-state index contributed by atoms with van der Waals surface area (Å²) >= 11 is 0. The van der Waals surface area contributed by atoms with E-state index in [1.807, 2.05) is 0 Å². The third-order valence-corrected chi connectivity index (χ3v) is 3.88. The van der Waals surface area contributed by atoms with Gasteiger partial charge in [0.2, 0.25) is 5.91 Å². The van der Waals surface area contributed by atoms with Gasteiger partial charge in [-0.2, -0.15) is 0 Å². The maximum Gasteiger partial charge on any atom is 0.331 e. The van der Waals surface area contributed by atoms with Gasteiger partial charge in [0.05, 0.1) is 6.61 Å². The van der Waals surface area contributed by atoms with Crippen molar-refractivity contribution in [2.75, 3.05) is 19.7 Å². The van der Waals surface area contributed by atoms with E-state index in [9.17, 15) is 9.59 Å². The van der Waals surface area contributed by atoms with Gasteiger partial charge in [-0.3, -0.25) is 4.79 Å². The van der Waals surface area contributed by atoms with Gasteiger partial charge >= 0.3 is 5.97 Å². The van der Waals surface area contributed by atoms with Crippen LogP contribution in [0.15, 0.2) is 0 Å². The summed E-state index contributed by atoms with van der Waals surface area (Å²) in [7, 11) is 0. The van der Waals surface area contributed by atoms with Gasteiger partial charge in [-0.1, -0.05) is 6.92 Å². The Bertz CT molecular complexity index is 336. The van der Waals surface area contributed by atoms with Crippen LogP contribution in [0.3, 0.4) is 0 Å². The monoisotopic (exact) mass is 284 g/mol. The van der Waals surface area contributed by atoms with Gasteiger partial charge in [-0.25, -0.2) is 4.79 Å². The van der Waals surface area contributed by atoms with Crippen LogP contribution in [0.1, 0.15) is 47.0 Å². The highest BCUT2D eigenvalue weighted by Crippen LogP contribution is 2.22. The molecule has 1 fully saturated rings. The lowest BCUT2D eigenvalue weighted by Gasteiger charge is -2.29. The second-order valence-electron chi connectivity index (χ2n) is 6.18. The maximum atomic E-state index is 12.1. The van der Waals surface area contributed by atoms with Crippen molar-refractivity contribution in [3.8, 4) is 0 Å². The first-order valence-electron chi connectivity index (χ1n) is 7.55. The summed E-state index contributed by atoms with van der Waals surface area (Å²) in [4.78, 5) is 23.8. The summed E-state index contributed by atoms with van der Waals surface area (Å²) in [5.41, 5.74) is -0.961. The van der Waals surface area contributed by atoms with Crippen LogP contribution in [-0.4, -0.2) is 37.1 Å². The predicted octanol–water partition coefficient (Wildman–Crippen LogP) is 1.47. The Balaban J connectivity index is 2.43. The summed E-state index contributed by atoms with van der Waals surface area (Å²) in [6, 6.07) is 0. The van der Waals surface area contributed by atoms with Crippen molar-refractivity contribution < 1.29 is 14.3 Å². The number of ether oxygens (including phenoxy) is 1. The molecule has 2 atom stereocenters. The van der Waals surface area contributed by atoms with E-state index >= 15 is 0 Å². The van der Waals surface area contributed by atoms with Crippen LogP contribution in [0.5, 0.6) is 0 Å². The highest BCUT2D eigenvalue weighted by atomic mass is 16.5. The number of rotatable bonds is 6. The molecule has 1 saturated heterocycles. The lowest BCUT2D eigenvalue weighted by Crippen LogP contribution is -2.51. The summed E-state index contributed by atoms with van der Waals surface area (Å²) < 4.78 is 4.97. The lowest BCUT2D eigenvalue weighted by molar-refractivity contribution is -0.151. The fourth-order valence-electron chi connectivity index (χ4n) is 2.59. The molecule has 0 aromatic rings. The molecule has 116 valence electrons. The average Bonchev–Trinajstić information content (AvgIpc) is 2.39. The smallest absolute Gasteiger partial charge is 0.331 e. The molecule has 0 spiro atoms. The molecule has 5 nitrogen and oxygen atoms in total. The molecule has 20 heavy (non-hydrogen) atoms. The van der Waals surface area contributed by atoms with Gasteiger partial charge in [-0.15, -0.1) is 0 Å². The normalized spacial score (nSPS) is 21.1. The lowest BCUT2D eigenvalue weighted by atomic mass is 9.85. The van der Waals surface area contributed by atoms with E-state index in [0.29, 0.717) is 24.9 Å². The molecule has 0 saturated carbocycles. The minimum Gasteiger partial charge on any atom is -0.464 e. The second-order valence-corrected chi connectivity index (χ2v) is 6.18. The van der Waals surface area contributed by atoms with Gasteiger partial charge in [0, 0.05) is 6.42 Å². The van der Waals surface area contributed by atoms with Crippen molar-refractivity contribution in [3.63, 3.8) is 0 Å². The first-order chi connectivity index (χ1) is 9.36. The number of hydrogen-bond acceptors (Lipinski definition) is 4. The van der Waals surface area contributed by atoms with E-state index in [4.69, 9.17) is 4.74 Å². The Labute approximate surface area is 121 Å². The van der Waals surface area contributed by atoms with E-state index in [0.717, 1.165) is 13.1 Å². The third kappa shape index (κ3) is 5.12. The number of hydrogen-bond donors (Lipinski definition) is 2. The molecule has 1 heterocycles. The fraction of sp³-hybridized carbons (Fsp3) is 0.867. The van der Waals surface area contributed by atoms with E-state index in [2.05, 4.69) is 17.6 Å². The highest BCUT2D eigenvalue weighted by molar-refractivity contribution is 5.87. The van der Waals surface area contributed by atoms with Crippen LogP contribution in [0.2, 0.25) is 0 Å². The quantitative estimate of drug-likeness (QED) is 0.725. The molecule has 0 radical (unpaired) electrons. The number of carbonyl (C=O) groups is 2. The molecule has 0 aromatic heterocycles. The van der Waals surface area contributed by atoms with Crippen molar-refractivity contribution in [1.29, 1.82) is 0 Å². The van der Waals surface area contributed by atoms with E-state index < -0.39 is 5.54 Å². The first-order valence-corrected chi connectivity index (χ1v) is 7.55. The Morgan fingerprint density at radius 3 is 2.70 bits per heavy atom. The molecular weight excluding hydrogens is 256 g/mol. The van der Waals surface area contributed by atoms with Crippen LogP contribution < -0.4 is 10.6 Å². The largest absolute Gasteiger partial charge is 0.464 e. The van der Waals surface area contributed by atoms with Crippen molar-refractivity contribution >= 4 is 11.9 Å². The Morgan fingerprint density at radius 1 is 1.45 bits per heavy atom. The summed E-state index contributed by atoms with van der Waals surface area (Å²) in [6.07, 6.45) is 2.79. The summed E-state index contributed by atoms with van der Waals surface area (Å²) in [6.45, 7) is 9.59. The first kappa shape index (κ1) is 17.0. The average molecular weight is 284 g/mol. The molecule has 0 aliphatic carbocycles. The summed E-state index contributed by atoms with van der Waals surface area (Å²) in [5, 5.41) is 6.14. The third-order valence-electron chi connectivity index (χ3n) is 3.88. The Kier molecular flexibility index (Phi) is 6.46. The number of carbonyl (C=O) groups excluding carboxylic acids is 2. The topological polar surface area (TPSA) is 67.4 Å². The van der Waals surface area contributed by atoms with Crippen LogP contribution in [0.4, 0.5) is 0 Å². The molecule has 1 rings (SSSR count). The summed E-state index contributed by atoms with van der Waals surface area (Å²) in [5.74, 6) is 0.391. The zero-order chi connectivity index (χ0) is 15.2. The molecule has 2 unspecified atom stereocenters. The van der Waals surface area contributed by atoms with Crippen LogP contribution in [0, 0.1) is 11.8 Å². The van der Waals surface area contributed by atoms with Crippen LogP contribution in [0.25, 0.3) is 0 Å². The molecule has 5 heteroatoms. The van der Waals surface area contributed by atoms with Crippen molar-refractivity contribution in [2.24, 2.45) is 11.8 Å². The van der Waals surface area contributed by atoms with Gasteiger partial charge in [0.25, 0.3) is 0 Å².